The van der Waals surface area contributed by atoms with Crippen LogP contribution in [0.4, 0.5) is 0 Å². The summed E-state index contributed by atoms with van der Waals surface area (Å²) in [4.78, 5) is 10.9. The van der Waals surface area contributed by atoms with Crippen LogP contribution in [0.3, 0.4) is 0 Å². The molecule has 0 atom stereocenters. The number of nitrogens with zero attached hydrogens (tertiary/aromatic N) is 1. The first-order chi connectivity index (χ1) is 6.75. The number of quaternary nitrogens is 1. The Kier molecular flexibility index (Phi) is 5.93. The summed E-state index contributed by atoms with van der Waals surface area (Å²) in [6.07, 6.45) is 4.06. The second-order valence-corrected chi connectivity index (χ2v) is 5.59. The Morgan fingerprint density at radius 3 is 2.20 bits per heavy atom. The molecule has 0 aromatic carbocycles. The number of halogens is 2. The topological polar surface area (TPSA) is 40.1 Å². The van der Waals surface area contributed by atoms with Crippen molar-refractivity contribution in [3.8, 4) is 0 Å². The minimum Gasteiger partial charge on any atom is -0.544 e. The molecule has 0 rings (SSSR count). The summed E-state index contributed by atoms with van der Waals surface area (Å²) in [7, 11) is 0. The standard InChI is InChI=1S/C10H19Cl2NO2/c1-4-5-6-7-8-13(11,12)10(2,3)9(14)15/h4-8H2,1-3H3. The molecule has 0 fully saturated rings. The molecule has 0 amide bonds. The van der Waals surface area contributed by atoms with Crippen LogP contribution in [0.5, 0.6) is 0 Å². The van der Waals surface area contributed by atoms with Crippen LogP contribution in [0, 0.1) is 0 Å². The third-order valence-electron chi connectivity index (χ3n) is 2.61. The van der Waals surface area contributed by atoms with Gasteiger partial charge in [-0.05, 0) is 26.7 Å². The van der Waals surface area contributed by atoms with Crippen molar-refractivity contribution >= 4 is 29.5 Å². The van der Waals surface area contributed by atoms with Gasteiger partial charge in [-0.15, -0.1) is 3.52 Å². The Morgan fingerprint density at radius 1 is 1.27 bits per heavy atom. The highest BCUT2D eigenvalue weighted by Gasteiger charge is 2.44. The molecule has 0 saturated heterocycles. The van der Waals surface area contributed by atoms with Gasteiger partial charge >= 0.3 is 0 Å². The molecule has 0 aliphatic heterocycles. The number of rotatable bonds is 7. The van der Waals surface area contributed by atoms with E-state index in [1.165, 1.54) is 13.8 Å². The van der Waals surface area contributed by atoms with Crippen LogP contribution in [0.2, 0.25) is 0 Å². The van der Waals surface area contributed by atoms with Crippen LogP contribution in [0.15, 0.2) is 0 Å². The molecule has 0 aromatic rings. The molecule has 0 bridgehead atoms. The molecule has 0 spiro atoms. The Labute approximate surface area is 102 Å². The first-order valence-electron chi connectivity index (χ1n) is 5.24. The molecule has 0 radical (unpaired) electrons. The molecule has 0 saturated carbocycles. The summed E-state index contributed by atoms with van der Waals surface area (Å²) >= 11 is 12.0. The predicted octanol–water partition coefficient (Wildman–Crippen LogP) is 2.22. The van der Waals surface area contributed by atoms with Crippen molar-refractivity contribution < 1.29 is 13.4 Å². The van der Waals surface area contributed by atoms with Gasteiger partial charge in [0, 0.05) is 0 Å². The maximum Gasteiger partial charge on any atom is 0.187 e. The molecule has 0 N–H and O–H groups in total. The third kappa shape index (κ3) is 4.17. The number of carboxylic acids is 1. The summed E-state index contributed by atoms with van der Waals surface area (Å²) in [6, 6.07) is 0. The number of carbonyl (C=O) groups excluding carboxylic acids is 1. The van der Waals surface area contributed by atoms with Gasteiger partial charge in [0.2, 0.25) is 0 Å². The minimum atomic E-state index is -1.28. The van der Waals surface area contributed by atoms with E-state index in [0.29, 0.717) is 6.54 Å². The minimum absolute atomic E-state index is 0.421. The fourth-order valence-corrected chi connectivity index (χ4v) is 1.53. The molecular weight excluding hydrogens is 237 g/mol. The number of hydrogen-bond acceptors (Lipinski definition) is 2. The van der Waals surface area contributed by atoms with Gasteiger partial charge in [-0.3, -0.25) is 0 Å². The highest BCUT2D eigenvalue weighted by molar-refractivity contribution is 6.24. The van der Waals surface area contributed by atoms with Crippen LogP contribution >= 0.6 is 23.6 Å². The molecule has 0 heterocycles. The number of carbonyl (C=O) groups is 1. The monoisotopic (exact) mass is 255 g/mol. The van der Waals surface area contributed by atoms with Crippen molar-refractivity contribution in [3.63, 3.8) is 0 Å². The average molecular weight is 256 g/mol. The van der Waals surface area contributed by atoms with E-state index in [1.54, 1.807) is 0 Å². The van der Waals surface area contributed by atoms with E-state index in [2.05, 4.69) is 6.92 Å². The Hall–Kier alpha value is 0.01000. The van der Waals surface area contributed by atoms with Gasteiger partial charge in [0.1, 0.15) is 12.5 Å². The van der Waals surface area contributed by atoms with E-state index < -0.39 is 15.0 Å². The molecule has 3 nitrogen and oxygen atoms in total. The third-order valence-corrected chi connectivity index (χ3v) is 3.79. The van der Waals surface area contributed by atoms with E-state index in [1.807, 2.05) is 0 Å². The van der Waals surface area contributed by atoms with Gasteiger partial charge in [-0.1, -0.05) is 19.8 Å². The number of unbranched alkanes of at least 4 members (excludes halogenated alkanes) is 3. The SMILES string of the molecule is CCCCCC[N+](Cl)(Cl)C(C)(C)C(=O)[O-]. The lowest BCUT2D eigenvalue weighted by molar-refractivity contribution is -0.745. The van der Waals surface area contributed by atoms with Crippen LogP contribution in [-0.4, -0.2) is 21.6 Å². The van der Waals surface area contributed by atoms with Gasteiger partial charge in [0.05, 0.1) is 0 Å². The molecule has 5 heteroatoms. The summed E-state index contributed by atoms with van der Waals surface area (Å²) in [6.45, 7) is 5.48. The predicted molar refractivity (Wildman–Crippen MR) is 60.1 cm³/mol. The molecule has 0 unspecified atom stereocenters. The van der Waals surface area contributed by atoms with Crippen molar-refractivity contribution in [2.75, 3.05) is 6.54 Å². The highest BCUT2D eigenvalue weighted by atomic mass is 35.5. The Balaban J connectivity index is 4.22. The van der Waals surface area contributed by atoms with Crippen molar-refractivity contribution in [3.05, 3.63) is 0 Å². The van der Waals surface area contributed by atoms with E-state index in [9.17, 15) is 9.90 Å². The lowest BCUT2D eigenvalue weighted by Gasteiger charge is -2.36. The summed E-state index contributed by atoms with van der Waals surface area (Å²) in [5.41, 5.74) is -1.28. The van der Waals surface area contributed by atoms with Crippen LogP contribution in [-0.2, 0) is 4.79 Å². The first kappa shape index (κ1) is 15.0. The molecule has 90 valence electrons. The van der Waals surface area contributed by atoms with Crippen molar-refractivity contribution in [1.29, 1.82) is 0 Å². The zero-order valence-electron chi connectivity index (χ0n) is 9.56. The summed E-state index contributed by atoms with van der Waals surface area (Å²) < 4.78 is -0.570. The fourth-order valence-electron chi connectivity index (χ4n) is 1.15. The van der Waals surface area contributed by atoms with Gasteiger partial charge < -0.3 is 9.90 Å². The molecule has 0 aliphatic carbocycles. The van der Waals surface area contributed by atoms with Gasteiger partial charge in [-0.2, -0.15) is 0 Å². The maximum atomic E-state index is 10.9. The maximum absolute atomic E-state index is 10.9. The van der Waals surface area contributed by atoms with Crippen LogP contribution < -0.4 is 5.11 Å². The Morgan fingerprint density at radius 2 is 1.80 bits per heavy atom. The first-order valence-corrected chi connectivity index (χ1v) is 5.92. The van der Waals surface area contributed by atoms with Crippen molar-refractivity contribution in [2.24, 2.45) is 0 Å². The van der Waals surface area contributed by atoms with Gasteiger partial charge in [0.15, 0.2) is 29.1 Å². The largest absolute Gasteiger partial charge is 0.544 e. The quantitative estimate of drug-likeness (QED) is 0.517. The fraction of sp³-hybridized carbons (Fsp3) is 0.900. The molecule has 0 aromatic heterocycles. The van der Waals surface area contributed by atoms with Gasteiger partial charge in [-0.25, -0.2) is 0 Å². The van der Waals surface area contributed by atoms with E-state index >= 15 is 0 Å². The normalized spacial score (nSPS) is 12.9. The number of aliphatic carboxylic acids is 1. The zero-order chi connectivity index (χ0) is 12.1. The lowest BCUT2D eigenvalue weighted by Crippen LogP contribution is -2.59. The van der Waals surface area contributed by atoms with E-state index in [0.717, 1.165) is 25.7 Å². The Bertz CT molecular complexity index is 217. The molecule has 0 aliphatic rings. The number of carboxylic acid groups (broad SMARTS) is 1. The van der Waals surface area contributed by atoms with Crippen molar-refractivity contribution in [2.45, 2.75) is 52.0 Å². The lowest BCUT2D eigenvalue weighted by atomic mass is 10.1. The average Bonchev–Trinajstić information content (AvgIpc) is 2.12. The smallest absolute Gasteiger partial charge is 0.187 e. The van der Waals surface area contributed by atoms with Crippen LogP contribution in [0.25, 0.3) is 0 Å². The summed E-state index contributed by atoms with van der Waals surface area (Å²) in [5, 5.41) is 10.9. The van der Waals surface area contributed by atoms with E-state index in [-0.39, 0.29) is 0 Å². The van der Waals surface area contributed by atoms with Crippen molar-refractivity contribution in [1.82, 2.24) is 0 Å². The summed E-state index contributed by atoms with van der Waals surface area (Å²) in [5.74, 6) is -1.23. The number of hydrogen-bond donors (Lipinski definition) is 0. The van der Waals surface area contributed by atoms with E-state index in [4.69, 9.17) is 23.6 Å². The highest BCUT2D eigenvalue weighted by Crippen LogP contribution is 2.32. The van der Waals surface area contributed by atoms with Crippen LogP contribution in [0.1, 0.15) is 46.5 Å². The molecule has 15 heavy (non-hydrogen) atoms. The molecular formula is C10H19Cl2NO2. The zero-order valence-corrected chi connectivity index (χ0v) is 11.1. The second-order valence-electron chi connectivity index (χ2n) is 4.26. The van der Waals surface area contributed by atoms with Gasteiger partial charge in [0.25, 0.3) is 0 Å². The second kappa shape index (κ2) is 5.92.